The van der Waals surface area contributed by atoms with E-state index < -0.39 is 7.25 Å². The van der Waals surface area contributed by atoms with Crippen molar-refractivity contribution in [3.05, 3.63) is 65.7 Å². The molecule has 0 saturated heterocycles. The SMILES string of the molecule is ClN(Cl)c1ccccc1Cc1ccccc1.F[B-](F)(F)F.N#[NH+]. The van der Waals surface area contributed by atoms with Crippen molar-refractivity contribution >= 4 is 36.5 Å². The maximum Gasteiger partial charge on any atom is 0.673 e. The summed E-state index contributed by atoms with van der Waals surface area (Å²) in [4.78, 5) is 0. The number of diazo groups is 1. The van der Waals surface area contributed by atoms with Crippen LogP contribution in [0.3, 0.4) is 0 Å². The van der Waals surface area contributed by atoms with E-state index in [1.54, 1.807) is 0 Å². The van der Waals surface area contributed by atoms with Crippen molar-refractivity contribution in [3.63, 3.8) is 0 Å². The number of benzene rings is 2. The van der Waals surface area contributed by atoms with Gasteiger partial charge in [0.05, 0.1) is 11.1 Å². The third-order valence-electron chi connectivity index (χ3n) is 2.41. The van der Waals surface area contributed by atoms with Crippen LogP contribution in [0.4, 0.5) is 23.0 Å². The average Bonchev–Trinajstić information content (AvgIpc) is 2.49. The number of halogens is 6. The fraction of sp³-hybridized carbons (Fsp3) is 0.0769. The van der Waals surface area contributed by atoms with E-state index in [9.17, 15) is 17.3 Å². The average molecular weight is 368 g/mol. The van der Waals surface area contributed by atoms with Gasteiger partial charge < -0.3 is 17.3 Å². The van der Waals surface area contributed by atoms with Gasteiger partial charge in [-0.05, 0) is 23.6 Å². The van der Waals surface area contributed by atoms with Gasteiger partial charge in [-0.1, -0.05) is 48.5 Å². The van der Waals surface area contributed by atoms with Gasteiger partial charge in [-0.15, -0.1) is 0 Å². The van der Waals surface area contributed by atoms with Crippen molar-refractivity contribution in [1.82, 2.24) is 0 Å². The maximum atomic E-state index is 9.75. The molecule has 0 bridgehead atoms. The van der Waals surface area contributed by atoms with Crippen LogP contribution in [0, 0.1) is 5.39 Å². The second-order valence-electron chi connectivity index (χ2n) is 4.02. The van der Waals surface area contributed by atoms with Crippen LogP contribution in [0.1, 0.15) is 11.1 Å². The Morgan fingerprint density at radius 2 is 1.30 bits per heavy atom. The second-order valence-corrected chi connectivity index (χ2v) is 4.87. The van der Waals surface area contributed by atoms with Crippen LogP contribution in [0.15, 0.2) is 54.6 Å². The number of rotatable bonds is 3. The molecule has 0 atom stereocenters. The van der Waals surface area contributed by atoms with E-state index in [4.69, 9.17) is 34.3 Å². The molecule has 0 aliphatic rings. The highest BCUT2D eigenvalue weighted by molar-refractivity contribution is 6.50. The normalized spacial score (nSPS) is 9.74. The molecular formula is C13H12BCl2F4N3. The van der Waals surface area contributed by atoms with E-state index in [2.05, 4.69) is 12.1 Å². The highest BCUT2D eigenvalue weighted by atomic mass is 35.5. The molecule has 0 unspecified atom stereocenters. The van der Waals surface area contributed by atoms with Crippen LogP contribution in [0.5, 0.6) is 0 Å². The van der Waals surface area contributed by atoms with Crippen LogP contribution in [0.25, 0.3) is 0 Å². The molecule has 124 valence electrons. The predicted molar refractivity (Wildman–Crippen MR) is 82.7 cm³/mol. The first kappa shape index (κ1) is 21.0. The lowest BCUT2D eigenvalue weighted by Crippen LogP contribution is -2.11. The summed E-state index contributed by atoms with van der Waals surface area (Å²) >= 11 is 11.5. The highest BCUT2D eigenvalue weighted by Gasteiger charge is 2.20. The van der Waals surface area contributed by atoms with Crippen molar-refractivity contribution in [2.45, 2.75) is 6.42 Å². The molecule has 0 aliphatic carbocycles. The summed E-state index contributed by atoms with van der Waals surface area (Å²) in [5.74, 6) is 0. The van der Waals surface area contributed by atoms with Gasteiger partial charge in [0.2, 0.25) is 5.39 Å². The zero-order valence-corrected chi connectivity index (χ0v) is 13.2. The van der Waals surface area contributed by atoms with Crippen LogP contribution >= 0.6 is 23.6 Å². The zero-order chi connectivity index (χ0) is 17.9. The minimum Gasteiger partial charge on any atom is -0.418 e. The van der Waals surface area contributed by atoms with E-state index in [0.29, 0.717) is 0 Å². The predicted octanol–water partition coefficient (Wildman–Crippen LogP) is 3.97. The molecule has 23 heavy (non-hydrogen) atoms. The Morgan fingerprint density at radius 3 is 1.78 bits per heavy atom. The quantitative estimate of drug-likeness (QED) is 0.386. The van der Waals surface area contributed by atoms with Crippen molar-refractivity contribution in [2.75, 3.05) is 3.94 Å². The van der Waals surface area contributed by atoms with Crippen LogP contribution in [0.2, 0.25) is 0 Å². The third kappa shape index (κ3) is 10.4. The molecule has 3 nitrogen and oxygen atoms in total. The topological polar surface area (TPSA) is 50.8 Å². The lowest BCUT2D eigenvalue weighted by atomic mass is 10.0. The zero-order valence-electron chi connectivity index (χ0n) is 11.6. The highest BCUT2D eigenvalue weighted by Crippen LogP contribution is 2.26. The van der Waals surface area contributed by atoms with Gasteiger partial charge in [0.25, 0.3) is 0 Å². The lowest BCUT2D eigenvalue weighted by Gasteiger charge is -2.11. The van der Waals surface area contributed by atoms with Crippen LogP contribution in [-0.4, -0.2) is 7.25 Å². The van der Waals surface area contributed by atoms with Gasteiger partial charge in [0, 0.05) is 23.6 Å². The Morgan fingerprint density at radius 1 is 0.870 bits per heavy atom. The van der Waals surface area contributed by atoms with Gasteiger partial charge >= 0.3 is 7.25 Å². The van der Waals surface area contributed by atoms with Gasteiger partial charge in [-0.2, -0.15) is 3.94 Å². The maximum absolute atomic E-state index is 9.75. The fourth-order valence-corrected chi connectivity index (χ4v) is 1.97. The third-order valence-corrected chi connectivity index (χ3v) is 2.78. The largest absolute Gasteiger partial charge is 0.673 e. The molecular weight excluding hydrogens is 356 g/mol. The van der Waals surface area contributed by atoms with Crippen molar-refractivity contribution < 1.29 is 22.7 Å². The van der Waals surface area contributed by atoms with E-state index in [1.807, 2.05) is 42.5 Å². The van der Waals surface area contributed by atoms with E-state index in [-0.39, 0.29) is 0 Å². The summed E-state index contributed by atoms with van der Waals surface area (Å²) in [5.41, 5.74) is 3.18. The minimum atomic E-state index is -6.00. The summed E-state index contributed by atoms with van der Waals surface area (Å²) in [5, 5.41) is 11.0. The summed E-state index contributed by atoms with van der Waals surface area (Å²) in [7, 11) is -6.00. The van der Waals surface area contributed by atoms with Crippen LogP contribution in [-0.2, 0) is 6.42 Å². The van der Waals surface area contributed by atoms with E-state index >= 15 is 0 Å². The number of hydrogen-bond acceptors (Lipinski definition) is 2. The monoisotopic (exact) mass is 367 g/mol. The smallest absolute Gasteiger partial charge is 0.418 e. The second kappa shape index (κ2) is 10.7. The lowest BCUT2D eigenvalue weighted by molar-refractivity contribution is -0.175. The summed E-state index contributed by atoms with van der Waals surface area (Å²) in [6.45, 7) is 0. The minimum absolute atomic E-state index is 0.826. The molecule has 0 aliphatic heterocycles. The molecule has 0 amide bonds. The Labute approximate surface area is 141 Å². The van der Waals surface area contributed by atoms with Crippen molar-refractivity contribution in [3.8, 4) is 0 Å². The number of nitrogens with one attached hydrogen (secondary N) is 1. The molecule has 0 spiro atoms. The van der Waals surface area contributed by atoms with E-state index in [1.165, 1.54) is 5.56 Å². The molecule has 2 aromatic carbocycles. The Kier molecular flexibility index (Phi) is 9.78. The Hall–Kier alpha value is -1.98. The first-order valence-corrected chi connectivity index (χ1v) is 6.78. The van der Waals surface area contributed by atoms with Crippen LogP contribution < -0.4 is 9.33 Å². The molecule has 2 rings (SSSR count). The van der Waals surface area contributed by atoms with Gasteiger partial charge in [0.15, 0.2) is 0 Å². The summed E-state index contributed by atoms with van der Waals surface area (Å²) < 4.78 is 40.1. The number of hydrogen-bond donors (Lipinski definition) is 1. The van der Waals surface area contributed by atoms with Gasteiger partial charge in [-0.25, -0.2) is 0 Å². The number of nitrogens with zero attached hydrogens (tertiary/aromatic N) is 2. The van der Waals surface area contributed by atoms with Crippen molar-refractivity contribution in [2.24, 2.45) is 0 Å². The first-order valence-electron chi connectivity index (χ1n) is 6.10. The number of anilines is 1. The van der Waals surface area contributed by atoms with Gasteiger partial charge in [-0.3, -0.25) is 0 Å². The molecule has 0 heterocycles. The Bertz CT molecular complexity index is 589. The van der Waals surface area contributed by atoms with Gasteiger partial charge in [0.1, 0.15) is 0 Å². The van der Waals surface area contributed by atoms with Crippen molar-refractivity contribution in [1.29, 1.82) is 5.39 Å². The molecule has 10 heteroatoms. The molecule has 0 aromatic heterocycles. The molecule has 1 N–H and O–H groups in total. The molecule has 2 aromatic rings. The number of para-hydroxylation sites is 1. The Balaban J connectivity index is 0.000000594. The standard InChI is InChI=1S/C13H11Cl2N.BF4.N2/c14-16(15)13-9-5-4-8-12(13)10-11-6-2-1-3-7-11;2-1(3,4)5;1-2/h1-9H,10H2;;/q;-1;/p+1. The molecule has 0 fully saturated rings. The fourth-order valence-electron chi connectivity index (χ4n) is 1.64. The summed E-state index contributed by atoms with van der Waals surface area (Å²) in [6, 6.07) is 18.1. The van der Waals surface area contributed by atoms with E-state index in [0.717, 1.165) is 21.6 Å². The summed E-state index contributed by atoms with van der Waals surface area (Å²) in [6.07, 6.45) is 0.826. The molecule has 0 radical (unpaired) electrons. The molecule has 0 saturated carbocycles. The first-order chi connectivity index (χ1) is 10.8.